The van der Waals surface area contributed by atoms with Crippen molar-refractivity contribution >= 4 is 48.4 Å². The lowest BCUT2D eigenvalue weighted by molar-refractivity contribution is 0.480. The lowest BCUT2D eigenvalue weighted by atomic mass is 9.86. The minimum Gasteiger partial charge on any atom is -0.506 e. The van der Waals surface area contributed by atoms with E-state index in [-0.39, 0.29) is 5.75 Å². The van der Waals surface area contributed by atoms with Crippen LogP contribution in [0.25, 0.3) is 32.4 Å². The highest BCUT2D eigenvalue weighted by Gasteiger charge is 2.13. The molecule has 1 N–H and O–H groups in total. The molecule has 4 aromatic carbocycles. The molecule has 0 aliphatic heterocycles. The van der Waals surface area contributed by atoms with Gasteiger partial charge in [-0.15, -0.1) is 0 Å². The van der Waals surface area contributed by atoms with Gasteiger partial charge >= 0.3 is 0 Å². The largest absolute Gasteiger partial charge is 0.506 e. The number of aromatic nitrogens is 1. The maximum absolute atomic E-state index is 9.51. The van der Waals surface area contributed by atoms with Crippen LogP contribution in [0.4, 0.5) is 0 Å². The maximum atomic E-state index is 9.51. The number of fused-ring (bicyclic) bond motifs is 6. The highest BCUT2D eigenvalue weighted by atomic mass is 79.9. The molecular formula is C32H28BrNO2. The van der Waals surface area contributed by atoms with Gasteiger partial charge in [-0.05, 0) is 105 Å². The summed E-state index contributed by atoms with van der Waals surface area (Å²) >= 11 is 3.40. The Morgan fingerprint density at radius 1 is 0.750 bits per heavy atom. The highest BCUT2D eigenvalue weighted by Crippen LogP contribution is 2.33. The summed E-state index contributed by atoms with van der Waals surface area (Å²) < 4.78 is 5.55. The summed E-state index contributed by atoms with van der Waals surface area (Å²) in [4.78, 5) is 4.28. The molecule has 3 nitrogen and oxygen atoms in total. The van der Waals surface area contributed by atoms with E-state index in [2.05, 4.69) is 73.9 Å². The second kappa shape index (κ2) is 11.0. The van der Waals surface area contributed by atoms with Crippen molar-refractivity contribution < 1.29 is 9.52 Å². The predicted molar refractivity (Wildman–Crippen MR) is 153 cm³/mol. The predicted octanol–water partition coefficient (Wildman–Crippen LogP) is 9.16. The first-order valence-corrected chi connectivity index (χ1v) is 13.1. The molecular weight excluding hydrogens is 510 g/mol. The monoisotopic (exact) mass is 537 g/mol. The number of aromatic hydroxyl groups is 1. The van der Waals surface area contributed by atoms with E-state index in [1.807, 2.05) is 31.2 Å². The standard InChI is InChI=1S/C18H16.C10H8BrNO.C4H4O/c1-3-7-15-13(5-1)9-11-18-16-8-4-2-6-14(16)10-12-17(15)18;1-6-8(11)5-7-3-2-4-9(13)10(7)12-6;1-2-4-5-3-1/h1,3,5,7,9-12H,2,4,6,8H2;2-5,13H,1H3;1-4H. The minimum absolute atomic E-state index is 0.230. The van der Waals surface area contributed by atoms with Gasteiger partial charge in [0.05, 0.1) is 18.2 Å². The van der Waals surface area contributed by atoms with Crippen molar-refractivity contribution in [2.24, 2.45) is 0 Å². The Balaban J connectivity index is 0.000000129. The van der Waals surface area contributed by atoms with E-state index in [1.165, 1.54) is 47.2 Å². The summed E-state index contributed by atoms with van der Waals surface area (Å²) in [5, 5.41) is 16.1. The Morgan fingerprint density at radius 2 is 1.50 bits per heavy atom. The topological polar surface area (TPSA) is 46.3 Å². The first-order valence-electron chi connectivity index (χ1n) is 12.3. The number of halogens is 1. The molecule has 0 atom stereocenters. The van der Waals surface area contributed by atoms with Crippen LogP contribution >= 0.6 is 15.9 Å². The Kier molecular flexibility index (Phi) is 7.33. The van der Waals surface area contributed by atoms with Gasteiger partial charge in [0.2, 0.25) is 0 Å². The van der Waals surface area contributed by atoms with Gasteiger partial charge in [0.25, 0.3) is 0 Å². The average molecular weight is 538 g/mol. The number of pyridine rings is 1. The van der Waals surface area contributed by atoms with Crippen LogP contribution in [0.5, 0.6) is 5.75 Å². The van der Waals surface area contributed by atoms with Crippen LogP contribution in [0.3, 0.4) is 0 Å². The Hall–Kier alpha value is -3.63. The maximum Gasteiger partial charge on any atom is 0.141 e. The first kappa shape index (κ1) is 24.1. The lowest BCUT2D eigenvalue weighted by Gasteiger charge is -2.18. The van der Waals surface area contributed by atoms with Crippen LogP contribution < -0.4 is 0 Å². The Bertz CT molecular complexity index is 1610. The van der Waals surface area contributed by atoms with Crippen molar-refractivity contribution in [3.8, 4) is 5.75 Å². The zero-order valence-electron chi connectivity index (χ0n) is 20.2. The van der Waals surface area contributed by atoms with Crippen LogP contribution in [0.15, 0.2) is 106 Å². The van der Waals surface area contributed by atoms with Crippen molar-refractivity contribution in [1.82, 2.24) is 4.98 Å². The molecule has 2 aromatic heterocycles. The van der Waals surface area contributed by atoms with Crippen molar-refractivity contribution in [2.75, 3.05) is 0 Å². The van der Waals surface area contributed by atoms with Crippen LogP contribution in [-0.2, 0) is 12.8 Å². The number of para-hydroxylation sites is 1. The molecule has 1 aliphatic carbocycles. The number of nitrogens with zero attached hydrogens (tertiary/aromatic N) is 1. The summed E-state index contributed by atoms with van der Waals surface area (Å²) in [6.07, 6.45) is 8.47. The van der Waals surface area contributed by atoms with Gasteiger partial charge in [0.1, 0.15) is 11.3 Å². The summed E-state index contributed by atoms with van der Waals surface area (Å²) in [5.41, 5.74) is 4.71. The van der Waals surface area contributed by atoms with Crippen LogP contribution in [0.1, 0.15) is 29.7 Å². The normalized spacial score (nSPS) is 12.4. The second-order valence-corrected chi connectivity index (χ2v) is 9.84. The number of furan rings is 1. The second-order valence-electron chi connectivity index (χ2n) is 8.99. The smallest absolute Gasteiger partial charge is 0.141 e. The molecule has 0 saturated carbocycles. The third kappa shape index (κ3) is 5.14. The van der Waals surface area contributed by atoms with Crippen molar-refractivity contribution in [2.45, 2.75) is 32.6 Å². The molecule has 0 unspecified atom stereocenters. The molecule has 6 aromatic rings. The fourth-order valence-corrected chi connectivity index (χ4v) is 5.15. The van der Waals surface area contributed by atoms with Crippen molar-refractivity contribution in [1.29, 1.82) is 0 Å². The molecule has 0 saturated heterocycles. The van der Waals surface area contributed by atoms with E-state index in [4.69, 9.17) is 0 Å². The highest BCUT2D eigenvalue weighted by molar-refractivity contribution is 9.10. The summed E-state index contributed by atoms with van der Waals surface area (Å²) in [6, 6.07) is 29.0. The molecule has 4 heteroatoms. The van der Waals surface area contributed by atoms with E-state index >= 15 is 0 Å². The number of hydrogen-bond acceptors (Lipinski definition) is 3. The van der Waals surface area contributed by atoms with Gasteiger partial charge in [-0.2, -0.15) is 0 Å². The van der Waals surface area contributed by atoms with E-state index in [0.717, 1.165) is 15.6 Å². The molecule has 36 heavy (non-hydrogen) atoms. The lowest BCUT2D eigenvalue weighted by Crippen LogP contribution is -2.02. The van der Waals surface area contributed by atoms with Crippen molar-refractivity contribution in [3.63, 3.8) is 0 Å². The van der Waals surface area contributed by atoms with Gasteiger partial charge in [0, 0.05) is 9.86 Å². The Labute approximate surface area is 219 Å². The number of aryl methyl sites for hydroxylation is 3. The van der Waals surface area contributed by atoms with Crippen LogP contribution in [0, 0.1) is 6.92 Å². The van der Waals surface area contributed by atoms with Gasteiger partial charge in [0.15, 0.2) is 0 Å². The number of benzene rings is 4. The molecule has 0 fully saturated rings. The number of hydrogen-bond donors (Lipinski definition) is 1. The third-order valence-electron chi connectivity index (χ3n) is 6.64. The summed E-state index contributed by atoms with van der Waals surface area (Å²) in [5.74, 6) is 0.230. The molecule has 2 heterocycles. The van der Waals surface area contributed by atoms with Crippen LogP contribution in [-0.4, -0.2) is 10.1 Å². The third-order valence-corrected chi connectivity index (χ3v) is 7.44. The summed E-state index contributed by atoms with van der Waals surface area (Å²) in [6.45, 7) is 1.90. The zero-order chi connectivity index (χ0) is 24.9. The molecule has 0 bridgehead atoms. The first-order chi connectivity index (χ1) is 17.6. The number of rotatable bonds is 0. The van der Waals surface area contributed by atoms with E-state index in [0.29, 0.717) is 5.52 Å². The number of phenols is 1. The van der Waals surface area contributed by atoms with Crippen molar-refractivity contribution in [3.05, 3.63) is 119 Å². The number of phenolic OH excluding ortho intramolecular Hbond substituents is 1. The molecule has 0 spiro atoms. The molecule has 180 valence electrons. The van der Waals surface area contributed by atoms with Gasteiger partial charge in [-0.1, -0.05) is 60.7 Å². The Morgan fingerprint density at radius 3 is 2.31 bits per heavy atom. The van der Waals surface area contributed by atoms with E-state index in [9.17, 15) is 5.11 Å². The van der Waals surface area contributed by atoms with E-state index < -0.39 is 0 Å². The molecule has 1 aliphatic rings. The van der Waals surface area contributed by atoms with Gasteiger partial charge < -0.3 is 9.52 Å². The fourth-order valence-electron chi connectivity index (χ4n) is 4.82. The quantitative estimate of drug-likeness (QED) is 0.196. The van der Waals surface area contributed by atoms with Gasteiger partial charge in [-0.3, -0.25) is 0 Å². The minimum atomic E-state index is 0.230. The summed E-state index contributed by atoms with van der Waals surface area (Å²) in [7, 11) is 0. The fraction of sp³-hybridized carbons (Fsp3) is 0.156. The molecule has 0 radical (unpaired) electrons. The van der Waals surface area contributed by atoms with Gasteiger partial charge in [-0.25, -0.2) is 4.98 Å². The molecule has 7 rings (SSSR count). The zero-order valence-corrected chi connectivity index (χ0v) is 21.8. The average Bonchev–Trinajstić information content (AvgIpc) is 3.51. The SMILES string of the molecule is Cc1nc2c(O)cccc2cc1Br.c1ccc2c(c1)ccc1c3c(ccc12)CCCC3.c1ccoc1. The molecule has 0 amide bonds. The van der Waals surface area contributed by atoms with E-state index in [1.54, 1.807) is 35.8 Å². The van der Waals surface area contributed by atoms with Crippen LogP contribution in [0.2, 0.25) is 0 Å².